The first kappa shape index (κ1) is 28.5. The van der Waals surface area contributed by atoms with Gasteiger partial charge in [-0.1, -0.05) is 121 Å². The molecule has 0 bridgehead atoms. The molecule has 1 saturated heterocycles. The number of hydrogen-bond donors (Lipinski definition) is 0. The van der Waals surface area contributed by atoms with Crippen LogP contribution in [0.4, 0.5) is 0 Å². The van der Waals surface area contributed by atoms with Crippen LogP contribution in [0.25, 0.3) is 0 Å². The van der Waals surface area contributed by atoms with E-state index in [4.69, 9.17) is 23.7 Å². The highest BCUT2D eigenvalue weighted by molar-refractivity contribution is 5.19. The lowest BCUT2D eigenvalue weighted by Crippen LogP contribution is -2.41. The van der Waals surface area contributed by atoms with Gasteiger partial charge in [0, 0.05) is 11.8 Å². The lowest BCUT2D eigenvalue weighted by molar-refractivity contribution is -0.133. The number of ether oxygens (including phenoxy) is 5. The molecule has 2 saturated carbocycles. The summed E-state index contributed by atoms with van der Waals surface area (Å²) in [5, 5.41) is 0. The predicted molar refractivity (Wildman–Crippen MR) is 165 cm³/mol. The summed E-state index contributed by atoms with van der Waals surface area (Å²) in [6, 6.07) is 41.6. The molecule has 4 aromatic rings. The van der Waals surface area contributed by atoms with Crippen LogP contribution in [0.5, 0.6) is 0 Å². The Morgan fingerprint density at radius 3 is 1.40 bits per heavy atom. The van der Waals surface area contributed by atoms with E-state index in [0.717, 1.165) is 23.1 Å². The van der Waals surface area contributed by atoms with Crippen LogP contribution in [-0.2, 0) is 50.1 Å². The normalized spacial score (nSPS) is 29.1. The van der Waals surface area contributed by atoms with Crippen LogP contribution in [0.1, 0.15) is 28.7 Å². The molecular formula is C38H40O5. The summed E-state index contributed by atoms with van der Waals surface area (Å²) in [5.74, 6) is 0.658. The summed E-state index contributed by atoms with van der Waals surface area (Å²) in [5.41, 5.74) is 4.64. The summed E-state index contributed by atoms with van der Waals surface area (Å²) in [4.78, 5) is 0. The first-order valence-corrected chi connectivity index (χ1v) is 15.6. The number of hydrogen-bond acceptors (Lipinski definition) is 5. The van der Waals surface area contributed by atoms with Gasteiger partial charge in [-0.15, -0.1) is 0 Å². The van der Waals surface area contributed by atoms with Gasteiger partial charge >= 0.3 is 0 Å². The number of epoxide rings is 1. The van der Waals surface area contributed by atoms with Gasteiger partial charge < -0.3 is 23.7 Å². The van der Waals surface area contributed by atoms with Crippen molar-refractivity contribution in [2.45, 2.75) is 63.4 Å². The highest BCUT2D eigenvalue weighted by Gasteiger charge is 2.66. The summed E-state index contributed by atoms with van der Waals surface area (Å²) >= 11 is 0. The summed E-state index contributed by atoms with van der Waals surface area (Å²) < 4.78 is 33.3. The lowest BCUT2D eigenvalue weighted by atomic mass is 9.73. The molecule has 1 heterocycles. The van der Waals surface area contributed by atoms with Crippen molar-refractivity contribution in [3.05, 3.63) is 144 Å². The Hall–Kier alpha value is -3.32. The predicted octanol–water partition coefficient (Wildman–Crippen LogP) is 6.99. The molecule has 1 aliphatic heterocycles. The van der Waals surface area contributed by atoms with Crippen molar-refractivity contribution < 1.29 is 23.7 Å². The first-order chi connectivity index (χ1) is 21.3. The molecule has 0 amide bonds. The van der Waals surface area contributed by atoms with Gasteiger partial charge in [-0.25, -0.2) is 0 Å². The Kier molecular flexibility index (Phi) is 8.96. The zero-order valence-electron chi connectivity index (χ0n) is 24.4. The molecule has 7 rings (SSSR count). The highest BCUT2D eigenvalue weighted by atomic mass is 16.6. The second-order valence-electron chi connectivity index (χ2n) is 12.1. The lowest BCUT2D eigenvalue weighted by Gasteiger charge is -2.35. The fraction of sp³-hybridized carbons (Fsp3) is 0.368. The first-order valence-electron chi connectivity index (χ1n) is 15.6. The number of fused-ring (bicyclic) bond motifs is 3. The van der Waals surface area contributed by atoms with E-state index in [-0.39, 0.29) is 48.3 Å². The Morgan fingerprint density at radius 1 is 0.488 bits per heavy atom. The SMILES string of the molecule is c1ccc(COC[C@@H]2C[C@H]3O[C@H]3[C@H]3[C@@H](OCc4ccccc4)[C@H](OCc4ccccc4)[C@H](OCc4ccccc4)[C@H]23)cc1. The van der Waals surface area contributed by atoms with Crippen molar-refractivity contribution in [1.82, 2.24) is 0 Å². The smallest absolute Gasteiger partial charge is 0.111 e. The van der Waals surface area contributed by atoms with Crippen molar-refractivity contribution >= 4 is 0 Å². The topological polar surface area (TPSA) is 49.5 Å². The third-order valence-electron chi connectivity index (χ3n) is 9.23. The molecule has 5 heteroatoms. The van der Waals surface area contributed by atoms with E-state index in [2.05, 4.69) is 97.1 Å². The van der Waals surface area contributed by atoms with Crippen LogP contribution >= 0.6 is 0 Å². The van der Waals surface area contributed by atoms with Crippen LogP contribution in [0, 0.1) is 17.8 Å². The highest BCUT2D eigenvalue weighted by Crippen LogP contribution is 2.56. The average molecular weight is 577 g/mol. The van der Waals surface area contributed by atoms with Crippen LogP contribution in [0.2, 0.25) is 0 Å². The summed E-state index contributed by atoms with van der Waals surface area (Å²) in [7, 11) is 0. The van der Waals surface area contributed by atoms with E-state index in [9.17, 15) is 0 Å². The van der Waals surface area contributed by atoms with Gasteiger partial charge in [0.05, 0.1) is 57.5 Å². The molecule has 0 N–H and O–H groups in total. The maximum Gasteiger partial charge on any atom is 0.111 e. The molecule has 0 spiro atoms. The third kappa shape index (κ3) is 6.77. The van der Waals surface area contributed by atoms with Crippen molar-refractivity contribution in [1.29, 1.82) is 0 Å². The largest absolute Gasteiger partial charge is 0.376 e. The molecular weight excluding hydrogens is 536 g/mol. The van der Waals surface area contributed by atoms with Gasteiger partial charge in [-0.2, -0.15) is 0 Å². The molecule has 3 aliphatic rings. The standard InChI is InChI=1S/C38H40O5/c1-5-13-27(14-6-1)22-39-26-31-21-32-35(43-32)34-33(31)36(40-23-28-15-7-2-8-16-28)38(42-25-30-19-11-4-12-20-30)37(34)41-24-29-17-9-3-10-18-29/h1-20,31-38H,21-26H2/t31-,32+,33+,34-,35+,36+,37+,38+/m0/s1. The van der Waals surface area contributed by atoms with Crippen LogP contribution in [0.15, 0.2) is 121 Å². The molecule has 0 unspecified atom stereocenters. The van der Waals surface area contributed by atoms with E-state index < -0.39 is 0 Å². The summed E-state index contributed by atoms with van der Waals surface area (Å²) in [6.45, 7) is 2.81. The van der Waals surface area contributed by atoms with Crippen LogP contribution < -0.4 is 0 Å². The summed E-state index contributed by atoms with van der Waals surface area (Å²) in [6.07, 6.45) is 0.859. The van der Waals surface area contributed by atoms with Crippen molar-refractivity contribution in [2.75, 3.05) is 6.61 Å². The van der Waals surface area contributed by atoms with Crippen molar-refractivity contribution in [2.24, 2.45) is 17.8 Å². The van der Waals surface area contributed by atoms with Crippen molar-refractivity contribution in [3.8, 4) is 0 Å². The Balaban J connectivity index is 1.16. The van der Waals surface area contributed by atoms with E-state index in [1.54, 1.807) is 0 Å². The van der Waals surface area contributed by atoms with E-state index in [1.165, 1.54) is 5.56 Å². The molecule has 3 fully saturated rings. The zero-order chi connectivity index (χ0) is 28.8. The number of benzene rings is 4. The molecule has 8 atom stereocenters. The Morgan fingerprint density at radius 2 is 0.907 bits per heavy atom. The minimum absolute atomic E-state index is 0.148. The molecule has 43 heavy (non-hydrogen) atoms. The van der Waals surface area contributed by atoms with Gasteiger partial charge in [0.15, 0.2) is 0 Å². The average Bonchev–Trinajstić information content (AvgIpc) is 3.78. The fourth-order valence-corrected chi connectivity index (χ4v) is 7.17. The van der Waals surface area contributed by atoms with E-state index in [1.807, 2.05) is 24.3 Å². The van der Waals surface area contributed by atoms with Crippen LogP contribution in [0.3, 0.4) is 0 Å². The maximum absolute atomic E-state index is 6.89. The molecule has 5 nitrogen and oxygen atoms in total. The molecule has 0 aromatic heterocycles. The molecule has 4 aromatic carbocycles. The van der Waals surface area contributed by atoms with Gasteiger partial charge in [0.25, 0.3) is 0 Å². The second-order valence-corrected chi connectivity index (χ2v) is 12.1. The second kappa shape index (κ2) is 13.5. The molecule has 222 valence electrons. The van der Waals surface area contributed by atoms with E-state index >= 15 is 0 Å². The third-order valence-corrected chi connectivity index (χ3v) is 9.23. The minimum Gasteiger partial charge on any atom is -0.376 e. The van der Waals surface area contributed by atoms with Gasteiger partial charge in [-0.3, -0.25) is 0 Å². The molecule has 2 aliphatic carbocycles. The zero-order valence-corrected chi connectivity index (χ0v) is 24.4. The maximum atomic E-state index is 6.89. The monoisotopic (exact) mass is 576 g/mol. The van der Waals surface area contributed by atoms with Crippen molar-refractivity contribution in [3.63, 3.8) is 0 Å². The Labute approximate surface area is 254 Å². The van der Waals surface area contributed by atoms with Gasteiger partial charge in [-0.05, 0) is 34.6 Å². The quantitative estimate of drug-likeness (QED) is 0.161. The molecule has 0 radical (unpaired) electrons. The van der Waals surface area contributed by atoms with Gasteiger partial charge in [0.1, 0.15) is 6.10 Å². The van der Waals surface area contributed by atoms with E-state index in [0.29, 0.717) is 33.0 Å². The van der Waals surface area contributed by atoms with Gasteiger partial charge in [0.2, 0.25) is 0 Å². The number of rotatable bonds is 13. The van der Waals surface area contributed by atoms with Crippen LogP contribution in [-0.4, -0.2) is 37.1 Å². The fourth-order valence-electron chi connectivity index (χ4n) is 7.17. The minimum atomic E-state index is -0.234. The Bertz CT molecular complexity index is 1400.